The number of rotatable bonds is 8. The number of methoxy groups -OCH3 is 1. The number of hydrogen-bond acceptors (Lipinski definition) is 5. The molecule has 25 heavy (non-hydrogen) atoms. The zero-order valence-corrected chi connectivity index (χ0v) is 14.0. The molecule has 0 aliphatic carbocycles. The van der Waals surface area contributed by atoms with Crippen LogP contribution in [0, 0.1) is 0 Å². The lowest BCUT2D eigenvalue weighted by Crippen LogP contribution is -2.34. The van der Waals surface area contributed by atoms with Crippen LogP contribution in [0.3, 0.4) is 0 Å². The molecule has 10 nitrogen and oxygen atoms in total. The Kier molecular flexibility index (Phi) is 7.06. The SMILES string of the molecule is COC1CCN(CCNC(=O)c2cc(CN=[N+]=[N-])cc(N=[N+]=[N-])c2)C1. The molecule has 1 saturated heterocycles. The molecular weight excluding hydrogens is 324 g/mol. The van der Waals surface area contributed by atoms with Gasteiger partial charge in [0.25, 0.3) is 5.91 Å². The van der Waals surface area contributed by atoms with Gasteiger partial charge in [0, 0.05) is 54.4 Å². The van der Waals surface area contributed by atoms with Crippen molar-refractivity contribution >= 4 is 11.6 Å². The Balaban J connectivity index is 1.96. The first-order valence-corrected chi connectivity index (χ1v) is 7.89. The number of benzene rings is 1. The first-order chi connectivity index (χ1) is 12.2. The molecule has 0 saturated carbocycles. The zero-order valence-electron chi connectivity index (χ0n) is 14.0. The molecule has 0 spiro atoms. The number of likely N-dealkylation sites (tertiary alicyclic amines) is 1. The van der Waals surface area contributed by atoms with Crippen LogP contribution in [0.25, 0.3) is 20.9 Å². The monoisotopic (exact) mass is 344 g/mol. The predicted octanol–water partition coefficient (Wildman–Crippen LogP) is 2.89. The number of ether oxygens (including phenoxy) is 1. The summed E-state index contributed by atoms with van der Waals surface area (Å²) in [6.07, 6.45) is 1.26. The first-order valence-electron chi connectivity index (χ1n) is 7.89. The van der Waals surface area contributed by atoms with Gasteiger partial charge in [-0.25, -0.2) is 0 Å². The van der Waals surface area contributed by atoms with Gasteiger partial charge in [0.15, 0.2) is 0 Å². The van der Waals surface area contributed by atoms with Crippen molar-refractivity contribution in [1.82, 2.24) is 10.2 Å². The molecule has 1 heterocycles. The van der Waals surface area contributed by atoms with E-state index in [2.05, 4.69) is 30.3 Å². The third-order valence-corrected chi connectivity index (χ3v) is 3.99. The van der Waals surface area contributed by atoms with E-state index < -0.39 is 0 Å². The average Bonchev–Trinajstić information content (AvgIpc) is 3.08. The lowest BCUT2D eigenvalue weighted by atomic mass is 10.1. The molecule has 1 aliphatic rings. The van der Waals surface area contributed by atoms with E-state index in [1.807, 2.05) is 0 Å². The standard InChI is InChI=1S/C15H20N8O2/c1-25-14-2-4-23(10-14)5-3-18-15(24)12-6-11(9-19-21-16)7-13(8-12)20-22-17/h6-8,14H,2-5,9-10H2,1H3,(H,18,24). The van der Waals surface area contributed by atoms with Crippen LogP contribution in [-0.2, 0) is 11.3 Å². The van der Waals surface area contributed by atoms with E-state index in [9.17, 15) is 4.79 Å². The number of nitrogens with zero attached hydrogens (tertiary/aromatic N) is 7. The van der Waals surface area contributed by atoms with Crippen molar-refractivity contribution in [3.63, 3.8) is 0 Å². The fourth-order valence-electron chi connectivity index (χ4n) is 2.74. The Morgan fingerprint density at radius 2 is 2.24 bits per heavy atom. The smallest absolute Gasteiger partial charge is 0.251 e. The number of nitrogens with one attached hydrogen (secondary N) is 1. The van der Waals surface area contributed by atoms with Gasteiger partial charge >= 0.3 is 0 Å². The lowest BCUT2D eigenvalue weighted by molar-refractivity contribution is 0.0943. The third kappa shape index (κ3) is 5.66. The molecule has 10 heteroatoms. The van der Waals surface area contributed by atoms with E-state index in [1.54, 1.807) is 19.2 Å². The molecule has 2 rings (SSSR count). The number of hydrogen-bond donors (Lipinski definition) is 1. The number of amides is 1. The maximum atomic E-state index is 12.3. The molecule has 1 unspecified atom stereocenters. The summed E-state index contributed by atoms with van der Waals surface area (Å²) in [5.41, 5.74) is 18.3. The van der Waals surface area contributed by atoms with Gasteiger partial charge in [-0.15, -0.1) is 0 Å². The van der Waals surface area contributed by atoms with Crippen LogP contribution in [-0.4, -0.2) is 50.2 Å². The van der Waals surface area contributed by atoms with E-state index in [0.29, 0.717) is 23.4 Å². The van der Waals surface area contributed by atoms with E-state index in [4.69, 9.17) is 15.8 Å². The largest absolute Gasteiger partial charge is 0.380 e. The van der Waals surface area contributed by atoms with Gasteiger partial charge in [-0.1, -0.05) is 10.2 Å². The van der Waals surface area contributed by atoms with Gasteiger partial charge < -0.3 is 10.1 Å². The normalized spacial score (nSPS) is 16.8. The van der Waals surface area contributed by atoms with Crippen molar-refractivity contribution < 1.29 is 9.53 Å². The van der Waals surface area contributed by atoms with Gasteiger partial charge in [-0.2, -0.15) is 0 Å². The van der Waals surface area contributed by atoms with Gasteiger partial charge in [0.1, 0.15) is 0 Å². The second kappa shape index (κ2) is 9.51. The number of carbonyl (C=O) groups excluding carboxylic acids is 1. The molecule has 132 valence electrons. The maximum Gasteiger partial charge on any atom is 0.251 e. The van der Waals surface area contributed by atoms with Crippen molar-refractivity contribution in [3.05, 3.63) is 50.2 Å². The van der Waals surface area contributed by atoms with Crippen LogP contribution in [0.2, 0.25) is 0 Å². The van der Waals surface area contributed by atoms with Gasteiger partial charge in [0.05, 0.1) is 12.6 Å². The second-order valence-electron chi connectivity index (χ2n) is 5.67. The Morgan fingerprint density at radius 1 is 1.40 bits per heavy atom. The summed E-state index contributed by atoms with van der Waals surface area (Å²) in [7, 11) is 1.71. The Labute approximate surface area is 145 Å². The van der Waals surface area contributed by atoms with Crippen LogP contribution in [0.4, 0.5) is 5.69 Å². The van der Waals surface area contributed by atoms with Crippen LogP contribution < -0.4 is 5.32 Å². The number of carbonyl (C=O) groups is 1. The molecule has 1 aromatic carbocycles. The summed E-state index contributed by atoms with van der Waals surface area (Å²) in [6.45, 7) is 3.16. The van der Waals surface area contributed by atoms with E-state index in [-0.39, 0.29) is 18.6 Å². The van der Waals surface area contributed by atoms with Gasteiger partial charge in [0.2, 0.25) is 0 Å². The fraction of sp³-hybridized carbons (Fsp3) is 0.533. The summed E-state index contributed by atoms with van der Waals surface area (Å²) >= 11 is 0. The highest BCUT2D eigenvalue weighted by atomic mass is 16.5. The molecule has 1 amide bonds. The zero-order chi connectivity index (χ0) is 18.1. The Bertz CT molecular complexity index is 709. The molecule has 1 fully saturated rings. The van der Waals surface area contributed by atoms with E-state index in [0.717, 1.165) is 26.1 Å². The maximum absolute atomic E-state index is 12.3. The topological polar surface area (TPSA) is 139 Å². The quantitative estimate of drug-likeness (QED) is 0.440. The van der Waals surface area contributed by atoms with Crippen LogP contribution in [0.5, 0.6) is 0 Å². The van der Waals surface area contributed by atoms with Crippen molar-refractivity contribution in [2.75, 3.05) is 33.3 Å². The van der Waals surface area contributed by atoms with Crippen molar-refractivity contribution in [1.29, 1.82) is 0 Å². The molecule has 0 bridgehead atoms. The molecule has 0 aromatic heterocycles. The number of azide groups is 2. The van der Waals surface area contributed by atoms with Crippen molar-refractivity contribution in [3.8, 4) is 0 Å². The second-order valence-corrected chi connectivity index (χ2v) is 5.67. The molecule has 1 aliphatic heterocycles. The fourth-order valence-corrected chi connectivity index (χ4v) is 2.74. The lowest BCUT2D eigenvalue weighted by Gasteiger charge is -2.16. The van der Waals surface area contributed by atoms with Gasteiger partial charge in [-0.05, 0) is 41.2 Å². The predicted molar refractivity (Wildman–Crippen MR) is 92.3 cm³/mol. The summed E-state index contributed by atoms with van der Waals surface area (Å²) in [5.74, 6) is -0.264. The summed E-state index contributed by atoms with van der Waals surface area (Å²) in [4.78, 5) is 20.0. The average molecular weight is 344 g/mol. The third-order valence-electron chi connectivity index (χ3n) is 3.99. The van der Waals surface area contributed by atoms with E-state index in [1.165, 1.54) is 6.07 Å². The highest BCUT2D eigenvalue weighted by Gasteiger charge is 2.21. The Morgan fingerprint density at radius 3 is 2.92 bits per heavy atom. The highest BCUT2D eigenvalue weighted by molar-refractivity contribution is 5.95. The molecule has 1 aromatic rings. The minimum atomic E-state index is -0.264. The minimum absolute atomic E-state index is 0.0811. The van der Waals surface area contributed by atoms with Crippen LogP contribution >= 0.6 is 0 Å². The van der Waals surface area contributed by atoms with Crippen molar-refractivity contribution in [2.24, 2.45) is 10.2 Å². The van der Waals surface area contributed by atoms with Gasteiger partial charge in [-0.3, -0.25) is 9.69 Å². The first kappa shape index (κ1) is 18.6. The molecular formula is C15H20N8O2. The molecule has 1 atom stereocenters. The molecule has 0 radical (unpaired) electrons. The highest BCUT2D eigenvalue weighted by Crippen LogP contribution is 2.19. The van der Waals surface area contributed by atoms with E-state index >= 15 is 0 Å². The summed E-state index contributed by atoms with van der Waals surface area (Å²) in [5, 5.41) is 9.84. The molecule has 1 N–H and O–H groups in total. The van der Waals surface area contributed by atoms with Crippen molar-refractivity contribution in [2.45, 2.75) is 19.1 Å². The minimum Gasteiger partial charge on any atom is -0.380 e. The summed E-state index contributed by atoms with van der Waals surface area (Å²) in [6, 6.07) is 4.71. The Hall–Kier alpha value is -2.77. The van der Waals surface area contributed by atoms with Crippen LogP contribution in [0.1, 0.15) is 22.3 Å². The van der Waals surface area contributed by atoms with Crippen LogP contribution in [0.15, 0.2) is 28.4 Å². The summed E-state index contributed by atoms with van der Waals surface area (Å²) < 4.78 is 5.32.